The van der Waals surface area contributed by atoms with Crippen LogP contribution in [-0.2, 0) is 0 Å². The van der Waals surface area contributed by atoms with Crippen molar-refractivity contribution >= 4 is 28.5 Å². The number of nitrogens with zero attached hydrogens (tertiary/aromatic N) is 1. The predicted octanol–water partition coefficient (Wildman–Crippen LogP) is 3.79. The van der Waals surface area contributed by atoms with E-state index >= 15 is 0 Å². The molecule has 0 spiro atoms. The standard InChI is InChI=1S/C16H15N3O3/c1-9-7-12(20)4-6-13(9)19-16(21)18-11-3-5-14-15(8-11)22-10(2)17-14/h3-8,20H,1-2H3,(H2,18,19,21). The zero-order valence-corrected chi connectivity index (χ0v) is 12.2. The SMILES string of the molecule is Cc1nc2ccc(NC(=O)Nc3ccc(O)cc3C)cc2o1. The van der Waals surface area contributed by atoms with Crippen LogP contribution in [0.3, 0.4) is 0 Å². The first-order valence-electron chi connectivity index (χ1n) is 6.76. The van der Waals surface area contributed by atoms with E-state index in [0.29, 0.717) is 22.8 Å². The van der Waals surface area contributed by atoms with E-state index in [1.165, 1.54) is 6.07 Å². The summed E-state index contributed by atoms with van der Waals surface area (Å²) in [5.74, 6) is 0.742. The number of phenols is 1. The lowest BCUT2D eigenvalue weighted by molar-refractivity contribution is 0.262. The van der Waals surface area contributed by atoms with Gasteiger partial charge in [0, 0.05) is 24.4 Å². The highest BCUT2D eigenvalue weighted by Crippen LogP contribution is 2.22. The van der Waals surface area contributed by atoms with E-state index in [1.54, 1.807) is 44.2 Å². The third-order valence-electron chi connectivity index (χ3n) is 3.21. The topological polar surface area (TPSA) is 87.4 Å². The van der Waals surface area contributed by atoms with Crippen LogP contribution < -0.4 is 10.6 Å². The van der Waals surface area contributed by atoms with Crippen LogP contribution in [0.5, 0.6) is 5.75 Å². The van der Waals surface area contributed by atoms with Crippen LogP contribution in [0, 0.1) is 13.8 Å². The first-order chi connectivity index (χ1) is 10.5. The van der Waals surface area contributed by atoms with Crippen molar-refractivity contribution in [3.8, 4) is 5.75 Å². The van der Waals surface area contributed by atoms with Crippen molar-refractivity contribution in [2.75, 3.05) is 10.6 Å². The Morgan fingerprint density at radius 3 is 2.73 bits per heavy atom. The number of phenolic OH excluding ortho intramolecular Hbond substituents is 1. The number of anilines is 2. The number of carbonyl (C=O) groups excluding carboxylic acids is 1. The molecule has 0 bridgehead atoms. The fourth-order valence-corrected chi connectivity index (χ4v) is 2.19. The normalized spacial score (nSPS) is 10.6. The number of benzene rings is 2. The summed E-state index contributed by atoms with van der Waals surface area (Å²) in [6.45, 7) is 3.58. The number of fused-ring (bicyclic) bond motifs is 1. The lowest BCUT2D eigenvalue weighted by atomic mass is 10.2. The summed E-state index contributed by atoms with van der Waals surface area (Å²) < 4.78 is 5.43. The molecule has 0 fully saturated rings. The third-order valence-corrected chi connectivity index (χ3v) is 3.21. The molecule has 1 heterocycles. The molecular formula is C16H15N3O3. The Morgan fingerprint density at radius 2 is 1.95 bits per heavy atom. The molecule has 0 unspecified atom stereocenters. The van der Waals surface area contributed by atoms with Crippen LogP contribution in [0.1, 0.15) is 11.5 Å². The van der Waals surface area contributed by atoms with Crippen molar-refractivity contribution in [1.29, 1.82) is 0 Å². The average molecular weight is 297 g/mol. The summed E-state index contributed by atoms with van der Waals surface area (Å²) in [5, 5.41) is 14.8. The molecule has 0 radical (unpaired) electrons. The highest BCUT2D eigenvalue weighted by molar-refractivity contribution is 6.01. The van der Waals surface area contributed by atoms with Crippen LogP contribution in [0.4, 0.5) is 16.2 Å². The molecule has 0 atom stereocenters. The molecule has 3 N–H and O–H groups in total. The van der Waals surface area contributed by atoms with Gasteiger partial charge < -0.3 is 20.2 Å². The Morgan fingerprint density at radius 1 is 1.14 bits per heavy atom. The Hall–Kier alpha value is -3.02. The number of urea groups is 1. The minimum Gasteiger partial charge on any atom is -0.508 e. The van der Waals surface area contributed by atoms with E-state index in [0.717, 1.165) is 11.1 Å². The van der Waals surface area contributed by atoms with Gasteiger partial charge in [-0.05, 0) is 42.8 Å². The predicted molar refractivity (Wildman–Crippen MR) is 84.2 cm³/mol. The number of aromatic nitrogens is 1. The zero-order chi connectivity index (χ0) is 15.7. The number of hydrogen-bond acceptors (Lipinski definition) is 4. The smallest absolute Gasteiger partial charge is 0.323 e. The van der Waals surface area contributed by atoms with Gasteiger partial charge >= 0.3 is 6.03 Å². The second-order valence-electron chi connectivity index (χ2n) is 4.99. The van der Waals surface area contributed by atoms with Gasteiger partial charge in [0.05, 0.1) is 0 Å². The van der Waals surface area contributed by atoms with Gasteiger partial charge in [-0.3, -0.25) is 0 Å². The molecule has 2 aromatic carbocycles. The van der Waals surface area contributed by atoms with Crippen molar-refractivity contribution < 1.29 is 14.3 Å². The van der Waals surface area contributed by atoms with Gasteiger partial charge in [-0.2, -0.15) is 0 Å². The summed E-state index contributed by atoms with van der Waals surface area (Å²) in [4.78, 5) is 16.2. The molecule has 0 saturated heterocycles. The lowest BCUT2D eigenvalue weighted by Gasteiger charge is -2.10. The summed E-state index contributed by atoms with van der Waals surface area (Å²) in [6, 6.07) is 9.64. The van der Waals surface area contributed by atoms with Crippen LogP contribution >= 0.6 is 0 Å². The van der Waals surface area contributed by atoms with Gasteiger partial charge in [-0.1, -0.05) is 0 Å². The van der Waals surface area contributed by atoms with Crippen molar-refractivity contribution in [1.82, 2.24) is 4.98 Å². The Bertz CT molecular complexity index is 855. The van der Waals surface area contributed by atoms with Crippen molar-refractivity contribution in [3.05, 3.63) is 47.9 Å². The van der Waals surface area contributed by atoms with Gasteiger partial charge in [-0.15, -0.1) is 0 Å². The van der Waals surface area contributed by atoms with Crippen molar-refractivity contribution in [2.24, 2.45) is 0 Å². The number of rotatable bonds is 2. The number of nitrogens with one attached hydrogen (secondary N) is 2. The van der Waals surface area contributed by atoms with Crippen LogP contribution in [0.25, 0.3) is 11.1 Å². The fraction of sp³-hybridized carbons (Fsp3) is 0.125. The summed E-state index contributed by atoms with van der Waals surface area (Å²) in [7, 11) is 0. The van der Waals surface area contributed by atoms with E-state index in [2.05, 4.69) is 15.6 Å². The van der Waals surface area contributed by atoms with Crippen molar-refractivity contribution in [3.63, 3.8) is 0 Å². The van der Waals surface area contributed by atoms with Gasteiger partial charge in [0.25, 0.3) is 0 Å². The third kappa shape index (κ3) is 2.85. The van der Waals surface area contributed by atoms with Gasteiger partial charge in [0.1, 0.15) is 11.3 Å². The van der Waals surface area contributed by atoms with Gasteiger partial charge in [0.2, 0.25) is 0 Å². The van der Waals surface area contributed by atoms with Crippen LogP contribution in [0.2, 0.25) is 0 Å². The Kier molecular flexibility index (Phi) is 3.42. The molecule has 0 aliphatic carbocycles. The van der Waals surface area contributed by atoms with Crippen LogP contribution in [-0.4, -0.2) is 16.1 Å². The Labute approximate surface area is 126 Å². The highest BCUT2D eigenvalue weighted by Gasteiger charge is 2.08. The molecule has 2 amide bonds. The number of carbonyl (C=O) groups is 1. The van der Waals surface area contributed by atoms with E-state index in [4.69, 9.17) is 4.42 Å². The summed E-state index contributed by atoms with van der Waals surface area (Å²) >= 11 is 0. The molecule has 3 aromatic rings. The van der Waals surface area contributed by atoms with E-state index in [-0.39, 0.29) is 11.8 Å². The molecule has 22 heavy (non-hydrogen) atoms. The van der Waals surface area contributed by atoms with E-state index in [9.17, 15) is 9.90 Å². The monoisotopic (exact) mass is 297 g/mol. The Balaban J connectivity index is 1.74. The maximum Gasteiger partial charge on any atom is 0.323 e. The fourth-order valence-electron chi connectivity index (χ4n) is 2.19. The highest BCUT2D eigenvalue weighted by atomic mass is 16.3. The summed E-state index contributed by atoms with van der Waals surface area (Å²) in [6.07, 6.45) is 0. The number of aromatic hydroxyl groups is 1. The number of amides is 2. The molecule has 6 nitrogen and oxygen atoms in total. The maximum atomic E-state index is 12.0. The molecule has 0 aliphatic heterocycles. The number of oxazole rings is 1. The molecule has 3 rings (SSSR count). The first kappa shape index (κ1) is 13.9. The maximum absolute atomic E-state index is 12.0. The molecule has 0 saturated carbocycles. The molecule has 112 valence electrons. The zero-order valence-electron chi connectivity index (χ0n) is 12.2. The second-order valence-corrected chi connectivity index (χ2v) is 4.99. The summed E-state index contributed by atoms with van der Waals surface area (Å²) in [5.41, 5.74) is 3.38. The number of hydrogen-bond donors (Lipinski definition) is 3. The van der Waals surface area contributed by atoms with Gasteiger partial charge in [0.15, 0.2) is 11.5 Å². The lowest BCUT2D eigenvalue weighted by Crippen LogP contribution is -2.19. The van der Waals surface area contributed by atoms with E-state index < -0.39 is 0 Å². The largest absolute Gasteiger partial charge is 0.508 e. The molecular weight excluding hydrogens is 282 g/mol. The minimum atomic E-state index is -0.371. The molecule has 6 heteroatoms. The molecule has 0 aliphatic rings. The second kappa shape index (κ2) is 5.40. The average Bonchev–Trinajstić information content (AvgIpc) is 2.81. The van der Waals surface area contributed by atoms with Gasteiger partial charge in [-0.25, -0.2) is 9.78 Å². The van der Waals surface area contributed by atoms with Crippen molar-refractivity contribution in [2.45, 2.75) is 13.8 Å². The van der Waals surface area contributed by atoms with Crippen LogP contribution in [0.15, 0.2) is 40.8 Å². The minimum absolute atomic E-state index is 0.162. The quantitative estimate of drug-likeness (QED) is 0.628. The molecule has 1 aromatic heterocycles. The number of aryl methyl sites for hydroxylation is 2. The van der Waals surface area contributed by atoms with E-state index in [1.807, 2.05) is 0 Å². The first-order valence-corrected chi connectivity index (χ1v) is 6.76.